The summed E-state index contributed by atoms with van der Waals surface area (Å²) < 4.78 is 0. The maximum atomic E-state index is 10.6. The predicted octanol–water partition coefficient (Wildman–Crippen LogP) is 2.64. The van der Waals surface area contributed by atoms with Crippen LogP contribution in [0.25, 0.3) is 10.6 Å². The Morgan fingerprint density at radius 2 is 2.27 bits per heavy atom. The molecule has 76 valence electrons. The molecule has 0 bridgehead atoms. The zero-order chi connectivity index (χ0) is 10.8. The van der Waals surface area contributed by atoms with Crippen molar-refractivity contribution in [1.29, 1.82) is 0 Å². The molecule has 0 saturated carbocycles. The van der Waals surface area contributed by atoms with E-state index in [1.165, 1.54) is 17.4 Å². The summed E-state index contributed by atoms with van der Waals surface area (Å²) in [5.41, 5.74) is 2.10. The van der Waals surface area contributed by atoms with Gasteiger partial charge in [0.2, 0.25) is 0 Å². The zero-order valence-corrected chi connectivity index (χ0v) is 8.91. The van der Waals surface area contributed by atoms with Gasteiger partial charge in [0.05, 0.1) is 5.56 Å². The Labute approximate surface area is 91.0 Å². The number of phenolic OH excluding ortho intramolecular Hbond substituents is 1. The average molecular weight is 219 g/mol. The van der Waals surface area contributed by atoms with Crippen LogP contribution in [0.1, 0.15) is 16.1 Å². The standard InChI is InChI=1S/C11H9NO2S/c1-7-6-15-11(12-7)8-2-3-10(14)9(4-8)5-13/h2-6,14H,1H3. The van der Waals surface area contributed by atoms with Crippen LogP contribution >= 0.6 is 11.3 Å². The van der Waals surface area contributed by atoms with Gasteiger partial charge in [-0.15, -0.1) is 11.3 Å². The molecule has 1 heterocycles. The summed E-state index contributed by atoms with van der Waals surface area (Å²) in [6.07, 6.45) is 0.638. The van der Waals surface area contributed by atoms with Crippen LogP contribution in [0.3, 0.4) is 0 Å². The third-order valence-electron chi connectivity index (χ3n) is 2.02. The van der Waals surface area contributed by atoms with Gasteiger partial charge in [0.1, 0.15) is 10.8 Å². The topological polar surface area (TPSA) is 50.2 Å². The number of rotatable bonds is 2. The summed E-state index contributed by atoms with van der Waals surface area (Å²) in [5, 5.41) is 12.1. The van der Waals surface area contributed by atoms with Gasteiger partial charge in [-0.05, 0) is 25.1 Å². The Morgan fingerprint density at radius 3 is 2.87 bits per heavy atom. The fourth-order valence-electron chi connectivity index (χ4n) is 1.27. The molecular formula is C11H9NO2S. The number of thiazole rings is 1. The smallest absolute Gasteiger partial charge is 0.153 e. The monoisotopic (exact) mass is 219 g/mol. The van der Waals surface area contributed by atoms with Crippen molar-refractivity contribution in [2.45, 2.75) is 6.92 Å². The molecule has 0 aliphatic carbocycles. The Hall–Kier alpha value is -1.68. The largest absolute Gasteiger partial charge is 0.507 e. The highest BCUT2D eigenvalue weighted by Crippen LogP contribution is 2.27. The van der Waals surface area contributed by atoms with Crippen molar-refractivity contribution in [3.05, 3.63) is 34.8 Å². The number of nitrogens with zero attached hydrogens (tertiary/aromatic N) is 1. The Bertz CT molecular complexity index is 505. The second kappa shape index (κ2) is 3.82. The van der Waals surface area contributed by atoms with Crippen LogP contribution in [0, 0.1) is 6.92 Å². The first-order chi connectivity index (χ1) is 7.20. The summed E-state index contributed by atoms with van der Waals surface area (Å²) in [6.45, 7) is 1.92. The summed E-state index contributed by atoms with van der Waals surface area (Å²) >= 11 is 1.52. The summed E-state index contributed by atoms with van der Waals surface area (Å²) in [7, 11) is 0. The van der Waals surface area contributed by atoms with Crippen LogP contribution in [0.5, 0.6) is 5.75 Å². The second-order valence-corrected chi connectivity index (χ2v) is 4.04. The quantitative estimate of drug-likeness (QED) is 0.790. The van der Waals surface area contributed by atoms with Crippen molar-refractivity contribution < 1.29 is 9.90 Å². The van der Waals surface area contributed by atoms with Gasteiger partial charge in [-0.3, -0.25) is 4.79 Å². The first-order valence-electron chi connectivity index (χ1n) is 4.41. The van der Waals surface area contributed by atoms with Gasteiger partial charge in [0.25, 0.3) is 0 Å². The predicted molar refractivity (Wildman–Crippen MR) is 59.3 cm³/mol. The van der Waals surface area contributed by atoms with E-state index in [-0.39, 0.29) is 5.75 Å². The van der Waals surface area contributed by atoms with Crippen molar-refractivity contribution in [3.8, 4) is 16.3 Å². The highest BCUT2D eigenvalue weighted by molar-refractivity contribution is 7.13. The number of hydrogen-bond acceptors (Lipinski definition) is 4. The van der Waals surface area contributed by atoms with Crippen molar-refractivity contribution in [2.75, 3.05) is 0 Å². The second-order valence-electron chi connectivity index (χ2n) is 3.19. The highest BCUT2D eigenvalue weighted by atomic mass is 32.1. The molecule has 2 aromatic rings. The number of hydrogen-bond donors (Lipinski definition) is 1. The van der Waals surface area contributed by atoms with Crippen LogP contribution < -0.4 is 0 Å². The van der Waals surface area contributed by atoms with Crippen LogP contribution in [-0.2, 0) is 0 Å². The minimum atomic E-state index is 0.00188. The lowest BCUT2D eigenvalue weighted by Crippen LogP contribution is -1.83. The number of benzene rings is 1. The van der Waals surface area contributed by atoms with E-state index in [4.69, 9.17) is 0 Å². The number of carbonyl (C=O) groups excluding carboxylic acids is 1. The average Bonchev–Trinajstić information content (AvgIpc) is 2.66. The molecule has 0 unspecified atom stereocenters. The molecule has 0 aliphatic heterocycles. The van der Waals surface area contributed by atoms with Gasteiger partial charge in [-0.2, -0.15) is 0 Å². The van der Waals surface area contributed by atoms with E-state index in [1.807, 2.05) is 12.3 Å². The highest BCUT2D eigenvalue weighted by Gasteiger charge is 2.06. The number of aromatic hydroxyl groups is 1. The number of carbonyl (C=O) groups is 1. The number of phenols is 1. The van der Waals surface area contributed by atoms with Crippen LogP contribution in [0.4, 0.5) is 0 Å². The maximum Gasteiger partial charge on any atom is 0.153 e. The molecule has 0 atom stereocenters. The Morgan fingerprint density at radius 1 is 1.47 bits per heavy atom. The van der Waals surface area contributed by atoms with E-state index in [2.05, 4.69) is 4.98 Å². The molecule has 15 heavy (non-hydrogen) atoms. The van der Waals surface area contributed by atoms with Gasteiger partial charge in [0.15, 0.2) is 6.29 Å². The fourth-order valence-corrected chi connectivity index (χ4v) is 2.06. The van der Waals surface area contributed by atoms with E-state index >= 15 is 0 Å². The molecule has 2 rings (SSSR count). The summed E-state index contributed by atoms with van der Waals surface area (Å²) in [4.78, 5) is 14.9. The lowest BCUT2D eigenvalue weighted by Gasteiger charge is -1.99. The first-order valence-corrected chi connectivity index (χ1v) is 5.29. The van der Waals surface area contributed by atoms with E-state index < -0.39 is 0 Å². The molecular weight excluding hydrogens is 210 g/mol. The van der Waals surface area contributed by atoms with Gasteiger partial charge in [-0.25, -0.2) is 4.98 Å². The molecule has 0 saturated heterocycles. The van der Waals surface area contributed by atoms with Crippen molar-refractivity contribution in [1.82, 2.24) is 4.98 Å². The van der Waals surface area contributed by atoms with E-state index in [9.17, 15) is 9.90 Å². The van der Waals surface area contributed by atoms with E-state index in [0.717, 1.165) is 16.3 Å². The van der Waals surface area contributed by atoms with Crippen molar-refractivity contribution in [2.24, 2.45) is 0 Å². The molecule has 0 aliphatic rings. The van der Waals surface area contributed by atoms with Gasteiger partial charge in [0, 0.05) is 16.6 Å². The van der Waals surface area contributed by atoms with E-state index in [1.54, 1.807) is 12.1 Å². The van der Waals surface area contributed by atoms with Crippen LogP contribution in [-0.4, -0.2) is 16.4 Å². The number of aryl methyl sites for hydroxylation is 1. The van der Waals surface area contributed by atoms with E-state index in [0.29, 0.717) is 11.8 Å². The van der Waals surface area contributed by atoms with Gasteiger partial charge >= 0.3 is 0 Å². The SMILES string of the molecule is Cc1csc(-c2ccc(O)c(C=O)c2)n1. The molecule has 0 fully saturated rings. The Balaban J connectivity index is 2.50. The molecule has 0 amide bonds. The molecule has 0 spiro atoms. The normalized spacial score (nSPS) is 10.2. The third kappa shape index (κ3) is 1.89. The lowest BCUT2D eigenvalue weighted by molar-refractivity contribution is 0.112. The molecule has 1 aromatic heterocycles. The minimum Gasteiger partial charge on any atom is -0.507 e. The molecule has 3 nitrogen and oxygen atoms in total. The number of aldehydes is 1. The lowest BCUT2D eigenvalue weighted by atomic mass is 10.1. The summed E-state index contributed by atoms with van der Waals surface area (Å²) in [5.74, 6) is 0.00188. The molecule has 4 heteroatoms. The molecule has 1 aromatic carbocycles. The number of aromatic nitrogens is 1. The Kier molecular flexibility index (Phi) is 2.51. The van der Waals surface area contributed by atoms with Gasteiger partial charge in [-0.1, -0.05) is 0 Å². The van der Waals surface area contributed by atoms with Crippen LogP contribution in [0.15, 0.2) is 23.6 Å². The van der Waals surface area contributed by atoms with Crippen LogP contribution in [0.2, 0.25) is 0 Å². The first kappa shape index (κ1) is 9.86. The van der Waals surface area contributed by atoms with Crippen molar-refractivity contribution >= 4 is 17.6 Å². The molecule has 1 N–H and O–H groups in total. The van der Waals surface area contributed by atoms with Crippen molar-refractivity contribution in [3.63, 3.8) is 0 Å². The zero-order valence-electron chi connectivity index (χ0n) is 8.10. The third-order valence-corrected chi connectivity index (χ3v) is 3.03. The molecule has 0 radical (unpaired) electrons. The van der Waals surface area contributed by atoms with Gasteiger partial charge < -0.3 is 5.11 Å². The minimum absolute atomic E-state index is 0.00188. The summed E-state index contributed by atoms with van der Waals surface area (Å²) in [6, 6.07) is 4.90. The maximum absolute atomic E-state index is 10.6. The fraction of sp³-hybridized carbons (Fsp3) is 0.0909.